The molecule has 1 aliphatic rings. The summed E-state index contributed by atoms with van der Waals surface area (Å²) < 4.78 is 0. The fraction of sp³-hybridized carbons (Fsp3) is 0.0769. The van der Waals surface area contributed by atoms with Crippen molar-refractivity contribution in [3.8, 4) is 11.1 Å². The van der Waals surface area contributed by atoms with E-state index < -0.39 is 5.41 Å². The van der Waals surface area contributed by atoms with Crippen molar-refractivity contribution in [1.82, 2.24) is 0 Å². The summed E-state index contributed by atoms with van der Waals surface area (Å²) in [6.45, 7) is 2.10. The molecule has 4 aromatic rings. The smallest absolute Gasteiger partial charge is 0.0715 e. The molecule has 0 aliphatic heterocycles. The van der Waals surface area contributed by atoms with Gasteiger partial charge in [-0.25, -0.2) is 0 Å². The number of fused-ring (bicyclic) bond motifs is 3. The highest BCUT2D eigenvalue weighted by molar-refractivity contribution is 5.88. The fourth-order valence-electron chi connectivity index (χ4n) is 4.68. The molecule has 0 aromatic heterocycles. The lowest BCUT2D eigenvalue weighted by atomic mass is 9.67. The number of hydrogen-bond acceptors (Lipinski definition) is 3. The summed E-state index contributed by atoms with van der Waals surface area (Å²) in [7, 11) is 0. The minimum absolute atomic E-state index is 0.503. The van der Waals surface area contributed by atoms with Gasteiger partial charge in [-0.3, -0.25) is 0 Å². The van der Waals surface area contributed by atoms with Gasteiger partial charge in [0.25, 0.3) is 0 Å². The van der Waals surface area contributed by atoms with Crippen LogP contribution in [0.1, 0.15) is 27.8 Å². The predicted molar refractivity (Wildman–Crippen MR) is 122 cm³/mol. The minimum Gasteiger partial charge on any atom is -0.399 e. The standard InChI is InChI=1S/C26H23N3/c1-16-2-4-17(5-3-16)26(18-6-8-19(27)9-7-18)24-14-20(28)10-12-22(24)23-13-11-21(29)15-25(23)26/h2-15H,27-29H2,1H3. The van der Waals surface area contributed by atoms with Crippen molar-refractivity contribution in [2.75, 3.05) is 17.2 Å². The highest BCUT2D eigenvalue weighted by Gasteiger charge is 2.46. The molecule has 0 radical (unpaired) electrons. The lowest BCUT2D eigenvalue weighted by Crippen LogP contribution is -2.28. The van der Waals surface area contributed by atoms with Crippen molar-refractivity contribution < 1.29 is 0 Å². The SMILES string of the molecule is Cc1ccc(C2(c3ccc(N)cc3)c3cc(N)ccc3-c3ccc(N)cc32)cc1. The third-order valence-electron chi connectivity index (χ3n) is 6.01. The molecular formula is C26H23N3. The Morgan fingerprint density at radius 3 is 1.41 bits per heavy atom. The molecule has 0 amide bonds. The largest absolute Gasteiger partial charge is 0.399 e. The Hall–Kier alpha value is -3.72. The van der Waals surface area contributed by atoms with Crippen molar-refractivity contribution in [2.24, 2.45) is 0 Å². The maximum atomic E-state index is 6.28. The first-order valence-corrected chi connectivity index (χ1v) is 9.73. The van der Waals surface area contributed by atoms with Gasteiger partial charge in [-0.15, -0.1) is 0 Å². The highest BCUT2D eigenvalue weighted by Crippen LogP contribution is 2.56. The van der Waals surface area contributed by atoms with E-state index in [1.54, 1.807) is 0 Å². The molecular weight excluding hydrogens is 354 g/mol. The van der Waals surface area contributed by atoms with Gasteiger partial charge in [0.2, 0.25) is 0 Å². The summed E-state index contributed by atoms with van der Waals surface area (Å²) in [6, 6.07) is 29.2. The Morgan fingerprint density at radius 1 is 0.517 bits per heavy atom. The molecule has 6 N–H and O–H groups in total. The summed E-state index contributed by atoms with van der Waals surface area (Å²) in [5, 5.41) is 0. The zero-order valence-electron chi connectivity index (χ0n) is 16.3. The van der Waals surface area contributed by atoms with Crippen LogP contribution in [0.25, 0.3) is 11.1 Å². The van der Waals surface area contributed by atoms with Crippen LogP contribution >= 0.6 is 0 Å². The molecule has 0 atom stereocenters. The van der Waals surface area contributed by atoms with Crippen LogP contribution < -0.4 is 17.2 Å². The number of nitrogen functional groups attached to an aromatic ring is 3. The number of rotatable bonds is 2. The fourth-order valence-corrected chi connectivity index (χ4v) is 4.68. The Bertz CT molecular complexity index is 1120. The molecule has 4 aromatic carbocycles. The van der Waals surface area contributed by atoms with Gasteiger partial charge in [-0.05, 0) is 76.7 Å². The molecule has 0 heterocycles. The van der Waals surface area contributed by atoms with Gasteiger partial charge in [0, 0.05) is 17.1 Å². The number of benzene rings is 4. The van der Waals surface area contributed by atoms with Crippen LogP contribution in [-0.4, -0.2) is 0 Å². The summed E-state index contributed by atoms with van der Waals surface area (Å²) in [6.07, 6.45) is 0. The molecule has 0 saturated carbocycles. The molecule has 0 bridgehead atoms. The van der Waals surface area contributed by atoms with Crippen LogP contribution in [-0.2, 0) is 5.41 Å². The van der Waals surface area contributed by atoms with Gasteiger partial charge in [-0.2, -0.15) is 0 Å². The summed E-state index contributed by atoms with van der Waals surface area (Å²) in [4.78, 5) is 0. The summed E-state index contributed by atoms with van der Waals surface area (Å²) >= 11 is 0. The molecule has 3 nitrogen and oxygen atoms in total. The van der Waals surface area contributed by atoms with Gasteiger partial charge in [-0.1, -0.05) is 54.1 Å². The van der Waals surface area contributed by atoms with E-state index in [0.717, 1.165) is 22.6 Å². The number of aryl methyl sites for hydroxylation is 1. The predicted octanol–water partition coefficient (Wildman–Crippen LogP) is 5.10. The molecule has 1 aliphatic carbocycles. The first kappa shape index (κ1) is 17.4. The Morgan fingerprint density at radius 2 is 0.931 bits per heavy atom. The van der Waals surface area contributed by atoms with E-state index >= 15 is 0 Å². The Balaban J connectivity index is 1.97. The average Bonchev–Trinajstić information content (AvgIpc) is 2.99. The zero-order chi connectivity index (χ0) is 20.2. The van der Waals surface area contributed by atoms with Crippen molar-refractivity contribution >= 4 is 17.1 Å². The van der Waals surface area contributed by atoms with E-state index in [1.807, 2.05) is 24.3 Å². The topological polar surface area (TPSA) is 78.1 Å². The van der Waals surface area contributed by atoms with Crippen molar-refractivity contribution in [3.63, 3.8) is 0 Å². The van der Waals surface area contributed by atoms with E-state index in [9.17, 15) is 0 Å². The van der Waals surface area contributed by atoms with Crippen LogP contribution in [0.5, 0.6) is 0 Å². The van der Waals surface area contributed by atoms with Gasteiger partial charge >= 0.3 is 0 Å². The van der Waals surface area contributed by atoms with E-state index in [1.165, 1.54) is 33.4 Å². The number of nitrogens with two attached hydrogens (primary N) is 3. The maximum Gasteiger partial charge on any atom is 0.0715 e. The van der Waals surface area contributed by atoms with Crippen LogP contribution in [0.2, 0.25) is 0 Å². The zero-order valence-corrected chi connectivity index (χ0v) is 16.3. The van der Waals surface area contributed by atoms with Crippen LogP contribution in [0.15, 0.2) is 84.9 Å². The number of hydrogen-bond donors (Lipinski definition) is 3. The van der Waals surface area contributed by atoms with Crippen molar-refractivity contribution in [2.45, 2.75) is 12.3 Å². The van der Waals surface area contributed by atoms with E-state index in [-0.39, 0.29) is 0 Å². The van der Waals surface area contributed by atoms with Crippen molar-refractivity contribution in [1.29, 1.82) is 0 Å². The van der Waals surface area contributed by atoms with Crippen LogP contribution in [0, 0.1) is 6.92 Å². The Labute approximate surface area is 170 Å². The first-order valence-electron chi connectivity index (χ1n) is 9.73. The van der Waals surface area contributed by atoms with Gasteiger partial charge < -0.3 is 17.2 Å². The molecule has 0 fully saturated rings. The van der Waals surface area contributed by atoms with Gasteiger partial charge in [0.05, 0.1) is 5.41 Å². The molecule has 0 unspecified atom stereocenters. The molecule has 0 saturated heterocycles. The monoisotopic (exact) mass is 377 g/mol. The summed E-state index contributed by atoms with van der Waals surface area (Å²) in [5.74, 6) is 0. The second kappa shape index (κ2) is 6.14. The van der Waals surface area contributed by atoms with Crippen LogP contribution in [0.3, 0.4) is 0 Å². The molecule has 142 valence electrons. The number of anilines is 3. The molecule has 0 spiro atoms. The third-order valence-corrected chi connectivity index (χ3v) is 6.01. The minimum atomic E-state index is -0.503. The highest BCUT2D eigenvalue weighted by atomic mass is 14.6. The van der Waals surface area contributed by atoms with E-state index in [2.05, 4.69) is 67.6 Å². The normalized spacial score (nSPS) is 13.7. The second-order valence-corrected chi connectivity index (χ2v) is 7.85. The lowest BCUT2D eigenvalue weighted by molar-refractivity contribution is 0.769. The maximum absolute atomic E-state index is 6.28. The van der Waals surface area contributed by atoms with E-state index in [0.29, 0.717) is 0 Å². The average molecular weight is 377 g/mol. The summed E-state index contributed by atoms with van der Waals surface area (Å²) in [5.41, 5.74) is 28.6. The van der Waals surface area contributed by atoms with Crippen LogP contribution in [0.4, 0.5) is 17.1 Å². The van der Waals surface area contributed by atoms with Crippen molar-refractivity contribution in [3.05, 3.63) is 113 Å². The van der Waals surface area contributed by atoms with Gasteiger partial charge in [0.1, 0.15) is 0 Å². The lowest BCUT2D eigenvalue weighted by Gasteiger charge is -2.34. The third kappa shape index (κ3) is 2.44. The molecule has 29 heavy (non-hydrogen) atoms. The second-order valence-electron chi connectivity index (χ2n) is 7.85. The quantitative estimate of drug-likeness (QED) is 0.374. The molecule has 5 rings (SSSR count). The van der Waals surface area contributed by atoms with Gasteiger partial charge in [0.15, 0.2) is 0 Å². The van der Waals surface area contributed by atoms with E-state index in [4.69, 9.17) is 17.2 Å². The first-order chi connectivity index (χ1) is 14.0. The molecule has 3 heteroatoms. The Kier molecular flexibility index (Phi) is 3.68.